The normalized spacial score (nSPS) is 12.8. The molecule has 0 aliphatic rings. The second kappa shape index (κ2) is 3.69. The fourth-order valence-electron chi connectivity index (χ4n) is 0.920. The Morgan fingerprint density at radius 1 is 1.83 bits per heavy atom. The van der Waals surface area contributed by atoms with E-state index in [2.05, 4.69) is 5.73 Å². The maximum atomic E-state index is 10.4. The predicted octanol–water partition coefficient (Wildman–Crippen LogP) is -1.04. The summed E-state index contributed by atoms with van der Waals surface area (Å²) < 4.78 is 0. The highest BCUT2D eigenvalue weighted by molar-refractivity contribution is 7.10. The van der Waals surface area contributed by atoms with Gasteiger partial charge in [-0.1, -0.05) is 0 Å². The third-order valence-corrected chi connectivity index (χ3v) is 2.78. The van der Waals surface area contributed by atoms with E-state index >= 15 is 0 Å². The molecule has 1 aromatic rings. The lowest BCUT2D eigenvalue weighted by Gasteiger charge is -2.07. The first kappa shape index (κ1) is 9.22. The van der Waals surface area contributed by atoms with Crippen LogP contribution in [0.3, 0.4) is 0 Å². The molecule has 1 rings (SSSR count). The number of carboxylic acid groups (broad SMARTS) is 1. The smallest absolute Gasteiger partial charge is 0.129 e. The van der Waals surface area contributed by atoms with Crippen LogP contribution >= 0.6 is 11.3 Å². The van der Waals surface area contributed by atoms with E-state index in [-0.39, 0.29) is 0 Å². The Morgan fingerprint density at radius 3 is 2.92 bits per heavy atom. The molecule has 0 bridgehead atoms. The van der Waals surface area contributed by atoms with Crippen LogP contribution in [0.25, 0.3) is 0 Å². The van der Waals surface area contributed by atoms with Gasteiger partial charge in [0.15, 0.2) is 0 Å². The molecule has 66 valence electrons. The Kier molecular flexibility index (Phi) is 2.83. The molecule has 3 nitrogen and oxygen atoms in total. The van der Waals surface area contributed by atoms with Gasteiger partial charge in [0.1, 0.15) is 6.04 Å². The van der Waals surface area contributed by atoms with E-state index in [1.54, 1.807) is 11.3 Å². The summed E-state index contributed by atoms with van der Waals surface area (Å²) in [5.74, 6) is -1.08. The summed E-state index contributed by atoms with van der Waals surface area (Å²) >= 11 is 1.56. The number of quaternary nitrogens is 1. The van der Waals surface area contributed by atoms with E-state index in [1.807, 2.05) is 18.4 Å². The third-order valence-electron chi connectivity index (χ3n) is 1.73. The Hall–Kier alpha value is -0.870. The molecule has 0 aromatic carbocycles. The van der Waals surface area contributed by atoms with E-state index in [1.165, 1.54) is 0 Å². The van der Waals surface area contributed by atoms with Crippen LogP contribution in [0.1, 0.15) is 10.4 Å². The lowest BCUT2D eigenvalue weighted by Crippen LogP contribution is -2.69. The number of hydrogen-bond donors (Lipinski definition) is 1. The third kappa shape index (κ3) is 2.06. The fraction of sp³-hybridized carbons (Fsp3) is 0.375. The van der Waals surface area contributed by atoms with Gasteiger partial charge in [0, 0.05) is 11.3 Å². The van der Waals surface area contributed by atoms with Gasteiger partial charge >= 0.3 is 0 Å². The molecule has 0 unspecified atom stereocenters. The van der Waals surface area contributed by atoms with Crippen molar-refractivity contribution in [1.82, 2.24) is 0 Å². The van der Waals surface area contributed by atoms with Crippen molar-refractivity contribution in [2.75, 3.05) is 0 Å². The van der Waals surface area contributed by atoms with Crippen molar-refractivity contribution in [3.63, 3.8) is 0 Å². The van der Waals surface area contributed by atoms with Gasteiger partial charge in [-0.15, -0.1) is 11.3 Å². The fourth-order valence-corrected chi connectivity index (χ4v) is 1.91. The van der Waals surface area contributed by atoms with Gasteiger partial charge in [0.2, 0.25) is 0 Å². The number of rotatable bonds is 3. The molecular weight excluding hydrogens is 174 g/mol. The highest BCUT2D eigenvalue weighted by Gasteiger charge is 2.10. The van der Waals surface area contributed by atoms with Crippen LogP contribution in [0.5, 0.6) is 0 Å². The number of aryl methyl sites for hydroxylation is 1. The van der Waals surface area contributed by atoms with Crippen molar-refractivity contribution >= 4 is 17.3 Å². The first-order chi connectivity index (χ1) is 5.61. The van der Waals surface area contributed by atoms with Crippen molar-refractivity contribution in [2.45, 2.75) is 19.4 Å². The van der Waals surface area contributed by atoms with Gasteiger partial charge in [-0.3, -0.25) is 0 Å². The van der Waals surface area contributed by atoms with Gasteiger partial charge in [0.05, 0.1) is 5.97 Å². The zero-order chi connectivity index (χ0) is 9.14. The summed E-state index contributed by atoms with van der Waals surface area (Å²) in [6.07, 6.45) is 0.478. The van der Waals surface area contributed by atoms with Crippen molar-refractivity contribution < 1.29 is 15.6 Å². The Morgan fingerprint density at radius 2 is 2.50 bits per heavy atom. The van der Waals surface area contributed by atoms with Gasteiger partial charge < -0.3 is 15.6 Å². The monoisotopic (exact) mass is 185 g/mol. The Bertz CT molecular complexity index is 282. The van der Waals surface area contributed by atoms with Crippen LogP contribution in [-0.4, -0.2) is 12.0 Å². The minimum absolute atomic E-state index is 0.478. The van der Waals surface area contributed by atoms with Crippen LogP contribution in [0.2, 0.25) is 0 Å². The molecule has 1 atom stereocenters. The molecule has 0 fully saturated rings. The second-order valence-electron chi connectivity index (χ2n) is 2.75. The van der Waals surface area contributed by atoms with E-state index in [9.17, 15) is 9.90 Å². The van der Waals surface area contributed by atoms with Crippen LogP contribution in [0.4, 0.5) is 0 Å². The molecule has 12 heavy (non-hydrogen) atoms. The number of thiophene rings is 1. The SMILES string of the molecule is Cc1ccsc1C[C@@H]([NH3+])C(=O)[O-]. The quantitative estimate of drug-likeness (QED) is 0.653. The molecular formula is C8H11NO2S. The Balaban J connectivity index is 2.64. The number of carbonyl (C=O) groups is 1. The molecule has 4 heteroatoms. The van der Waals surface area contributed by atoms with Crippen LogP contribution in [0, 0.1) is 6.92 Å². The van der Waals surface area contributed by atoms with Crippen molar-refractivity contribution in [3.8, 4) is 0 Å². The molecule has 0 aliphatic heterocycles. The summed E-state index contributed by atoms with van der Waals surface area (Å²) in [6, 6.07) is 1.34. The maximum absolute atomic E-state index is 10.4. The first-order valence-corrected chi connectivity index (χ1v) is 4.56. The van der Waals surface area contributed by atoms with Crippen LogP contribution in [-0.2, 0) is 11.2 Å². The number of aliphatic carboxylic acids is 1. The van der Waals surface area contributed by atoms with E-state index in [0.29, 0.717) is 6.42 Å². The average Bonchev–Trinajstić information content (AvgIpc) is 2.36. The molecule has 0 radical (unpaired) electrons. The minimum atomic E-state index is -1.08. The lowest BCUT2D eigenvalue weighted by molar-refractivity contribution is -0.436. The van der Waals surface area contributed by atoms with Crippen molar-refractivity contribution in [3.05, 3.63) is 21.9 Å². The maximum Gasteiger partial charge on any atom is 0.129 e. The van der Waals surface area contributed by atoms with Gasteiger partial charge in [0.25, 0.3) is 0 Å². The van der Waals surface area contributed by atoms with Gasteiger partial charge in [-0.05, 0) is 23.9 Å². The zero-order valence-corrected chi connectivity index (χ0v) is 7.69. The molecule has 3 N–H and O–H groups in total. The standard InChI is InChI=1S/C8H11NO2S/c1-5-2-3-12-7(5)4-6(9)8(10)11/h2-3,6H,4,9H2,1H3,(H,10,11)/t6-/m1/s1. The average molecular weight is 185 g/mol. The van der Waals surface area contributed by atoms with E-state index in [0.717, 1.165) is 10.4 Å². The molecule has 1 aromatic heterocycles. The van der Waals surface area contributed by atoms with Gasteiger partial charge in [-0.2, -0.15) is 0 Å². The minimum Gasteiger partial charge on any atom is -0.544 e. The van der Waals surface area contributed by atoms with Crippen LogP contribution in [0.15, 0.2) is 11.4 Å². The predicted molar refractivity (Wildman–Crippen MR) is 44.4 cm³/mol. The molecule has 0 saturated carbocycles. The van der Waals surface area contributed by atoms with E-state index < -0.39 is 12.0 Å². The number of carboxylic acids is 1. The molecule has 0 amide bonds. The topological polar surface area (TPSA) is 67.8 Å². The van der Waals surface area contributed by atoms with Crippen molar-refractivity contribution in [1.29, 1.82) is 0 Å². The molecule has 0 spiro atoms. The summed E-state index contributed by atoms with van der Waals surface area (Å²) in [4.78, 5) is 11.5. The highest BCUT2D eigenvalue weighted by Crippen LogP contribution is 2.16. The van der Waals surface area contributed by atoms with Crippen molar-refractivity contribution in [2.24, 2.45) is 0 Å². The lowest BCUT2D eigenvalue weighted by atomic mass is 10.1. The summed E-state index contributed by atoms with van der Waals surface area (Å²) in [6.45, 7) is 1.97. The number of carbonyl (C=O) groups excluding carboxylic acids is 1. The Labute approximate surface area is 74.8 Å². The van der Waals surface area contributed by atoms with Crippen LogP contribution < -0.4 is 10.8 Å². The van der Waals surface area contributed by atoms with Gasteiger partial charge in [-0.25, -0.2) is 0 Å². The zero-order valence-electron chi connectivity index (χ0n) is 6.87. The van der Waals surface area contributed by atoms with E-state index in [4.69, 9.17) is 0 Å². The highest BCUT2D eigenvalue weighted by atomic mass is 32.1. The number of hydrogen-bond acceptors (Lipinski definition) is 3. The molecule has 0 aliphatic carbocycles. The largest absolute Gasteiger partial charge is 0.544 e. The summed E-state index contributed by atoms with van der Waals surface area (Å²) in [5, 5.41) is 12.3. The summed E-state index contributed by atoms with van der Waals surface area (Å²) in [7, 11) is 0. The first-order valence-electron chi connectivity index (χ1n) is 3.68. The summed E-state index contributed by atoms with van der Waals surface area (Å²) in [5.41, 5.74) is 4.63. The second-order valence-corrected chi connectivity index (χ2v) is 3.75. The molecule has 1 heterocycles. The molecule has 0 saturated heterocycles.